The molecule has 0 aromatic carbocycles. The Bertz CT molecular complexity index is 211. The third-order valence-electron chi connectivity index (χ3n) is 1.40. The molecule has 0 heterocycles. The number of carbonyl (C=O) groups excluding carboxylic acids is 2. The summed E-state index contributed by atoms with van der Waals surface area (Å²) in [5.74, 6) is -0.0556. The molecule has 0 aromatic rings. The number of rotatable bonds is 3. The van der Waals surface area contributed by atoms with E-state index in [2.05, 4.69) is 0 Å². The third kappa shape index (κ3) is 1.41. The van der Waals surface area contributed by atoms with Gasteiger partial charge in [0, 0.05) is 0 Å². The molecule has 0 aromatic heterocycles. The molecular formula is C8H8O2. The first-order valence-electron chi connectivity index (χ1n) is 3.17. The molecule has 1 rings (SSSR count). The maximum atomic E-state index is 10.9. The highest BCUT2D eigenvalue weighted by Gasteiger charge is 2.08. The van der Waals surface area contributed by atoms with E-state index in [1.165, 1.54) is 0 Å². The molecule has 0 saturated carbocycles. The standard InChI is InChI=1S/C8H8O2/c9-6-5-8(10)7-3-1-2-4-7/h1-3,6H,4-5H2. The van der Waals surface area contributed by atoms with Crippen LogP contribution in [0.25, 0.3) is 0 Å². The lowest BCUT2D eigenvalue weighted by Crippen LogP contribution is -2.00. The Morgan fingerprint density at radius 3 is 3.00 bits per heavy atom. The summed E-state index contributed by atoms with van der Waals surface area (Å²) in [4.78, 5) is 20.8. The van der Waals surface area contributed by atoms with Gasteiger partial charge in [-0.2, -0.15) is 0 Å². The molecule has 0 atom stereocenters. The molecule has 0 fully saturated rings. The van der Waals surface area contributed by atoms with Crippen molar-refractivity contribution in [2.45, 2.75) is 12.8 Å². The highest BCUT2D eigenvalue weighted by atomic mass is 16.1. The zero-order chi connectivity index (χ0) is 7.40. The zero-order valence-corrected chi connectivity index (χ0v) is 5.54. The van der Waals surface area contributed by atoms with Crippen molar-refractivity contribution in [2.75, 3.05) is 0 Å². The number of ketones is 1. The van der Waals surface area contributed by atoms with Gasteiger partial charge in [-0.05, 0) is 12.0 Å². The van der Waals surface area contributed by atoms with Crippen molar-refractivity contribution in [1.82, 2.24) is 0 Å². The normalized spacial score (nSPS) is 15.0. The average Bonchev–Trinajstić information content (AvgIpc) is 2.38. The van der Waals surface area contributed by atoms with Gasteiger partial charge in [0.1, 0.15) is 6.29 Å². The maximum Gasteiger partial charge on any atom is 0.166 e. The predicted molar refractivity (Wildman–Crippen MR) is 37.5 cm³/mol. The summed E-state index contributed by atoms with van der Waals surface area (Å²) < 4.78 is 0. The van der Waals surface area contributed by atoms with Crippen molar-refractivity contribution >= 4 is 12.1 Å². The van der Waals surface area contributed by atoms with Gasteiger partial charge in [0.05, 0.1) is 6.42 Å². The lowest BCUT2D eigenvalue weighted by Gasteiger charge is -1.93. The minimum Gasteiger partial charge on any atom is -0.303 e. The van der Waals surface area contributed by atoms with Crippen molar-refractivity contribution in [2.24, 2.45) is 0 Å². The number of Topliss-reactive ketones (excluding diaryl/α,β-unsaturated/α-hetero) is 1. The topological polar surface area (TPSA) is 34.1 Å². The molecule has 0 amide bonds. The van der Waals surface area contributed by atoms with E-state index in [9.17, 15) is 9.59 Å². The minimum atomic E-state index is -0.0556. The zero-order valence-electron chi connectivity index (χ0n) is 5.54. The van der Waals surface area contributed by atoms with Crippen LogP contribution in [0, 0.1) is 0 Å². The Kier molecular flexibility index (Phi) is 2.15. The van der Waals surface area contributed by atoms with Crippen molar-refractivity contribution in [1.29, 1.82) is 0 Å². The quantitative estimate of drug-likeness (QED) is 0.429. The van der Waals surface area contributed by atoms with Gasteiger partial charge >= 0.3 is 0 Å². The molecule has 0 bridgehead atoms. The molecule has 0 radical (unpaired) electrons. The molecular weight excluding hydrogens is 128 g/mol. The van der Waals surface area contributed by atoms with E-state index in [4.69, 9.17) is 0 Å². The van der Waals surface area contributed by atoms with Crippen molar-refractivity contribution in [3.63, 3.8) is 0 Å². The van der Waals surface area contributed by atoms with Gasteiger partial charge < -0.3 is 4.79 Å². The van der Waals surface area contributed by atoms with E-state index in [1.807, 2.05) is 12.2 Å². The lowest BCUT2D eigenvalue weighted by atomic mass is 10.1. The summed E-state index contributed by atoms with van der Waals surface area (Å²) in [6.45, 7) is 0. The van der Waals surface area contributed by atoms with E-state index in [1.54, 1.807) is 6.08 Å². The molecule has 0 spiro atoms. The van der Waals surface area contributed by atoms with Crippen LogP contribution < -0.4 is 0 Å². The summed E-state index contributed by atoms with van der Waals surface area (Å²) in [5, 5.41) is 0. The van der Waals surface area contributed by atoms with Crippen molar-refractivity contribution in [3.8, 4) is 0 Å². The first kappa shape index (κ1) is 6.93. The maximum absolute atomic E-state index is 10.9. The lowest BCUT2D eigenvalue weighted by molar-refractivity contribution is -0.119. The number of allylic oxidation sites excluding steroid dienone is 4. The first-order chi connectivity index (χ1) is 4.84. The number of hydrogen-bond donors (Lipinski definition) is 0. The number of hydrogen-bond acceptors (Lipinski definition) is 2. The fourth-order valence-corrected chi connectivity index (χ4v) is 0.861. The average molecular weight is 136 g/mol. The van der Waals surface area contributed by atoms with Gasteiger partial charge in [-0.1, -0.05) is 18.2 Å². The Morgan fingerprint density at radius 1 is 1.70 bits per heavy atom. The van der Waals surface area contributed by atoms with E-state index < -0.39 is 0 Å². The smallest absolute Gasteiger partial charge is 0.166 e. The molecule has 10 heavy (non-hydrogen) atoms. The van der Waals surface area contributed by atoms with Gasteiger partial charge in [0.2, 0.25) is 0 Å². The van der Waals surface area contributed by atoms with Gasteiger partial charge in [-0.15, -0.1) is 0 Å². The van der Waals surface area contributed by atoms with Crippen LogP contribution in [0.4, 0.5) is 0 Å². The van der Waals surface area contributed by atoms with Crippen LogP contribution >= 0.6 is 0 Å². The highest BCUT2D eigenvalue weighted by molar-refractivity contribution is 6.02. The summed E-state index contributed by atoms with van der Waals surface area (Å²) in [6, 6.07) is 0. The van der Waals surface area contributed by atoms with Gasteiger partial charge in [0.25, 0.3) is 0 Å². The second-order valence-corrected chi connectivity index (χ2v) is 2.12. The molecule has 1 aliphatic carbocycles. The van der Waals surface area contributed by atoms with Crippen LogP contribution in [-0.4, -0.2) is 12.1 Å². The van der Waals surface area contributed by atoms with Crippen LogP contribution in [0.2, 0.25) is 0 Å². The summed E-state index contributed by atoms with van der Waals surface area (Å²) in [6.07, 6.45) is 6.84. The third-order valence-corrected chi connectivity index (χ3v) is 1.40. The minimum absolute atomic E-state index is 0.0213. The summed E-state index contributed by atoms with van der Waals surface area (Å²) >= 11 is 0. The Hall–Kier alpha value is -1.18. The van der Waals surface area contributed by atoms with Crippen molar-refractivity contribution < 1.29 is 9.59 Å². The number of carbonyl (C=O) groups is 2. The molecule has 0 N–H and O–H groups in total. The highest BCUT2D eigenvalue weighted by Crippen LogP contribution is 2.11. The molecule has 0 saturated heterocycles. The predicted octanol–water partition coefficient (Wildman–Crippen LogP) is 1.03. The fraction of sp³-hybridized carbons (Fsp3) is 0.250. The molecule has 2 nitrogen and oxygen atoms in total. The Morgan fingerprint density at radius 2 is 2.50 bits per heavy atom. The van der Waals surface area contributed by atoms with E-state index in [0.29, 0.717) is 12.7 Å². The van der Waals surface area contributed by atoms with Crippen LogP contribution in [0.5, 0.6) is 0 Å². The summed E-state index contributed by atoms with van der Waals surface area (Å²) in [5.41, 5.74) is 0.743. The fourth-order valence-electron chi connectivity index (χ4n) is 0.861. The van der Waals surface area contributed by atoms with Gasteiger partial charge in [0.15, 0.2) is 5.78 Å². The van der Waals surface area contributed by atoms with Gasteiger partial charge in [-0.25, -0.2) is 0 Å². The Labute approximate surface area is 59.2 Å². The van der Waals surface area contributed by atoms with Crippen LogP contribution in [0.3, 0.4) is 0 Å². The molecule has 1 aliphatic rings. The first-order valence-corrected chi connectivity index (χ1v) is 3.17. The van der Waals surface area contributed by atoms with E-state index in [0.717, 1.165) is 5.57 Å². The molecule has 2 heteroatoms. The second kappa shape index (κ2) is 3.11. The number of aldehydes is 1. The molecule has 0 unspecified atom stereocenters. The largest absolute Gasteiger partial charge is 0.303 e. The van der Waals surface area contributed by atoms with Crippen LogP contribution in [-0.2, 0) is 9.59 Å². The molecule has 52 valence electrons. The molecule has 0 aliphatic heterocycles. The van der Waals surface area contributed by atoms with Crippen LogP contribution in [0.1, 0.15) is 12.8 Å². The second-order valence-electron chi connectivity index (χ2n) is 2.12. The SMILES string of the molecule is O=CCC(=O)C1=CC=CC1. The monoisotopic (exact) mass is 136 g/mol. The summed E-state index contributed by atoms with van der Waals surface area (Å²) in [7, 11) is 0. The van der Waals surface area contributed by atoms with Crippen molar-refractivity contribution in [3.05, 3.63) is 23.8 Å². The Balaban J connectivity index is 2.50. The van der Waals surface area contributed by atoms with E-state index >= 15 is 0 Å². The van der Waals surface area contributed by atoms with Gasteiger partial charge in [-0.3, -0.25) is 4.79 Å². The van der Waals surface area contributed by atoms with Crippen LogP contribution in [0.15, 0.2) is 23.8 Å². The van der Waals surface area contributed by atoms with E-state index in [-0.39, 0.29) is 12.2 Å².